The first-order chi connectivity index (χ1) is 8.65. The molecule has 0 bridgehead atoms. The average Bonchev–Trinajstić information content (AvgIpc) is 2.96. The first-order valence-corrected chi connectivity index (χ1v) is 6.64. The third-order valence-corrected chi connectivity index (χ3v) is 4.43. The van der Waals surface area contributed by atoms with Gasteiger partial charge in [0.1, 0.15) is 5.75 Å². The van der Waals surface area contributed by atoms with E-state index in [4.69, 9.17) is 4.74 Å². The van der Waals surface area contributed by atoms with Crippen LogP contribution in [-0.2, 0) is 16.6 Å². The molecule has 1 N–H and O–H groups in total. The predicted molar refractivity (Wildman–Crippen MR) is 68.2 cm³/mol. The summed E-state index contributed by atoms with van der Waals surface area (Å²) in [7, 11) is 0. The fourth-order valence-corrected chi connectivity index (χ4v) is 3.61. The number of benzene rings is 1. The van der Waals surface area contributed by atoms with Gasteiger partial charge in [-0.3, -0.25) is 4.79 Å². The quantitative estimate of drug-likeness (QED) is 0.872. The van der Waals surface area contributed by atoms with Crippen LogP contribution < -0.4 is 4.74 Å². The van der Waals surface area contributed by atoms with Crippen molar-refractivity contribution in [1.29, 1.82) is 0 Å². The molecule has 0 radical (unpaired) electrons. The summed E-state index contributed by atoms with van der Waals surface area (Å²) in [5.41, 5.74) is 2.62. The van der Waals surface area contributed by atoms with Crippen LogP contribution in [0.2, 0.25) is 0 Å². The van der Waals surface area contributed by atoms with Crippen molar-refractivity contribution in [3.63, 3.8) is 0 Å². The van der Waals surface area contributed by atoms with Gasteiger partial charge in [-0.25, -0.2) is 0 Å². The van der Waals surface area contributed by atoms with E-state index in [1.165, 1.54) is 0 Å². The Morgan fingerprint density at radius 3 is 2.72 bits per heavy atom. The number of hydrogen-bond acceptors (Lipinski definition) is 2. The zero-order chi connectivity index (χ0) is 12.8. The second-order valence-corrected chi connectivity index (χ2v) is 5.43. The van der Waals surface area contributed by atoms with Gasteiger partial charge in [0.15, 0.2) is 0 Å². The van der Waals surface area contributed by atoms with Crippen LogP contribution in [0.25, 0.3) is 0 Å². The van der Waals surface area contributed by atoms with Gasteiger partial charge in [-0.05, 0) is 37.0 Å². The van der Waals surface area contributed by atoms with E-state index >= 15 is 0 Å². The number of aliphatic carboxylic acids is 1. The van der Waals surface area contributed by atoms with Crippen LogP contribution >= 0.6 is 0 Å². The van der Waals surface area contributed by atoms with Crippen molar-refractivity contribution in [2.45, 2.75) is 44.4 Å². The molecule has 0 aromatic heterocycles. The molecule has 1 aliphatic heterocycles. The summed E-state index contributed by atoms with van der Waals surface area (Å²) in [4.78, 5) is 11.8. The van der Waals surface area contributed by atoms with Crippen molar-refractivity contribution >= 4 is 5.97 Å². The van der Waals surface area contributed by atoms with Crippen molar-refractivity contribution in [3.8, 4) is 5.75 Å². The summed E-state index contributed by atoms with van der Waals surface area (Å²) in [5.74, 6) is 0.228. The van der Waals surface area contributed by atoms with Gasteiger partial charge in [0.2, 0.25) is 0 Å². The minimum Gasteiger partial charge on any atom is -0.493 e. The van der Waals surface area contributed by atoms with E-state index in [0.717, 1.165) is 54.5 Å². The molecule has 1 heterocycles. The van der Waals surface area contributed by atoms with Crippen molar-refractivity contribution < 1.29 is 14.6 Å². The highest BCUT2D eigenvalue weighted by molar-refractivity contribution is 5.83. The van der Waals surface area contributed by atoms with Crippen LogP contribution in [-0.4, -0.2) is 17.7 Å². The Bertz CT molecular complexity index is 499. The Hall–Kier alpha value is -1.51. The second kappa shape index (κ2) is 4.01. The van der Waals surface area contributed by atoms with E-state index in [9.17, 15) is 9.90 Å². The van der Waals surface area contributed by atoms with E-state index < -0.39 is 11.4 Å². The molecule has 3 heteroatoms. The van der Waals surface area contributed by atoms with Gasteiger partial charge in [-0.2, -0.15) is 0 Å². The maximum absolute atomic E-state index is 11.8. The highest BCUT2D eigenvalue weighted by Crippen LogP contribution is 2.47. The zero-order valence-corrected chi connectivity index (χ0v) is 10.7. The largest absolute Gasteiger partial charge is 0.493 e. The molecule has 0 saturated heterocycles. The molecule has 1 aromatic rings. The molecule has 3 nitrogen and oxygen atoms in total. The minimum absolute atomic E-state index is 0.664. The third-order valence-electron chi connectivity index (χ3n) is 4.43. The van der Waals surface area contributed by atoms with Crippen LogP contribution in [0.5, 0.6) is 5.75 Å². The molecule has 96 valence electrons. The molecule has 0 spiro atoms. The zero-order valence-electron chi connectivity index (χ0n) is 10.7. The maximum atomic E-state index is 11.8. The molecule has 0 amide bonds. The number of aryl methyl sites for hydroxylation is 1. The lowest BCUT2D eigenvalue weighted by atomic mass is 9.74. The van der Waals surface area contributed by atoms with E-state index in [-0.39, 0.29) is 0 Å². The van der Waals surface area contributed by atoms with Gasteiger partial charge in [0.05, 0.1) is 12.0 Å². The second-order valence-electron chi connectivity index (χ2n) is 5.43. The number of carboxylic acids is 1. The van der Waals surface area contributed by atoms with Crippen molar-refractivity contribution in [2.24, 2.45) is 0 Å². The molecule has 1 saturated carbocycles. The Labute approximate surface area is 107 Å². The van der Waals surface area contributed by atoms with Gasteiger partial charge >= 0.3 is 5.97 Å². The first-order valence-electron chi connectivity index (χ1n) is 6.64. The number of ether oxygens (including phenoxy) is 1. The Kier molecular flexibility index (Phi) is 2.58. The normalized spacial score (nSPS) is 20.5. The molecule has 0 atom stereocenters. The Morgan fingerprint density at radius 2 is 2.06 bits per heavy atom. The van der Waals surface area contributed by atoms with Gasteiger partial charge in [-0.1, -0.05) is 18.9 Å². The van der Waals surface area contributed by atoms with Gasteiger partial charge in [0.25, 0.3) is 0 Å². The molecular formula is C15H18O3. The Morgan fingerprint density at radius 1 is 1.33 bits per heavy atom. The topological polar surface area (TPSA) is 46.5 Å². The molecular weight excluding hydrogens is 228 g/mol. The number of fused-ring (bicyclic) bond motifs is 1. The summed E-state index contributed by atoms with van der Waals surface area (Å²) in [6, 6.07) is 3.98. The van der Waals surface area contributed by atoms with Crippen molar-refractivity contribution in [3.05, 3.63) is 28.8 Å². The van der Waals surface area contributed by atoms with Crippen molar-refractivity contribution in [1.82, 2.24) is 0 Å². The SMILES string of the molecule is Cc1ccc2c(c1C1(C(=O)O)CCCC1)CCO2. The van der Waals surface area contributed by atoms with E-state index in [0.29, 0.717) is 6.61 Å². The highest BCUT2D eigenvalue weighted by Gasteiger charge is 2.46. The maximum Gasteiger partial charge on any atom is 0.314 e. The number of rotatable bonds is 2. The lowest BCUT2D eigenvalue weighted by molar-refractivity contribution is -0.143. The van der Waals surface area contributed by atoms with Crippen molar-refractivity contribution in [2.75, 3.05) is 6.61 Å². The lowest BCUT2D eigenvalue weighted by Crippen LogP contribution is -2.34. The third kappa shape index (κ3) is 1.46. The highest BCUT2D eigenvalue weighted by atomic mass is 16.5. The number of carboxylic acid groups (broad SMARTS) is 1. The summed E-state index contributed by atoms with van der Waals surface area (Å²) < 4.78 is 5.59. The number of carbonyl (C=O) groups is 1. The molecule has 18 heavy (non-hydrogen) atoms. The number of hydrogen-bond donors (Lipinski definition) is 1. The van der Waals surface area contributed by atoms with Crippen LogP contribution in [0.4, 0.5) is 0 Å². The van der Waals surface area contributed by atoms with E-state index in [1.807, 2.05) is 19.1 Å². The summed E-state index contributed by atoms with van der Waals surface area (Å²) in [6.07, 6.45) is 4.40. The molecule has 1 fully saturated rings. The van der Waals surface area contributed by atoms with Crippen LogP contribution in [0.3, 0.4) is 0 Å². The fourth-order valence-electron chi connectivity index (χ4n) is 3.61. The van der Waals surface area contributed by atoms with Gasteiger partial charge in [0, 0.05) is 12.0 Å². The lowest BCUT2D eigenvalue weighted by Gasteiger charge is -2.28. The molecule has 2 aliphatic rings. The average molecular weight is 246 g/mol. The fraction of sp³-hybridized carbons (Fsp3) is 0.533. The molecule has 0 unspecified atom stereocenters. The smallest absolute Gasteiger partial charge is 0.314 e. The van der Waals surface area contributed by atoms with E-state index in [1.54, 1.807) is 0 Å². The molecule has 1 aromatic carbocycles. The van der Waals surface area contributed by atoms with E-state index in [2.05, 4.69) is 0 Å². The minimum atomic E-state index is -0.664. The monoisotopic (exact) mass is 246 g/mol. The van der Waals surface area contributed by atoms with Gasteiger partial charge in [-0.15, -0.1) is 0 Å². The molecule has 1 aliphatic carbocycles. The summed E-state index contributed by atoms with van der Waals surface area (Å²) in [6.45, 7) is 2.71. The van der Waals surface area contributed by atoms with Crippen LogP contribution in [0.15, 0.2) is 12.1 Å². The first kappa shape index (κ1) is 11.6. The van der Waals surface area contributed by atoms with Crippen LogP contribution in [0.1, 0.15) is 42.4 Å². The predicted octanol–water partition coefficient (Wildman–Crippen LogP) is 2.83. The Balaban J connectivity index is 2.21. The van der Waals surface area contributed by atoms with Gasteiger partial charge < -0.3 is 9.84 Å². The summed E-state index contributed by atoms with van der Waals surface area (Å²) in [5, 5.41) is 9.73. The van der Waals surface area contributed by atoms with Crippen LogP contribution in [0, 0.1) is 6.92 Å². The standard InChI is InChI=1S/C15H18O3/c1-10-4-5-12-11(6-9-18-12)13(10)15(14(16)17)7-2-3-8-15/h4-5H,2-3,6-9H2,1H3,(H,16,17). The molecule has 3 rings (SSSR count). The summed E-state index contributed by atoms with van der Waals surface area (Å²) >= 11 is 0.